The fourth-order valence-corrected chi connectivity index (χ4v) is 2.09. The number of fused-ring (bicyclic) bond motifs is 1. The Morgan fingerprint density at radius 2 is 2.38 bits per heavy atom. The molecule has 0 aromatic carbocycles. The summed E-state index contributed by atoms with van der Waals surface area (Å²) in [7, 11) is 0. The molecule has 0 radical (unpaired) electrons. The molecule has 0 bridgehead atoms. The van der Waals surface area contributed by atoms with E-state index in [1.54, 1.807) is 12.3 Å². The zero-order valence-corrected chi connectivity index (χ0v) is 7.76. The van der Waals surface area contributed by atoms with Gasteiger partial charge in [0.2, 0.25) is 0 Å². The van der Waals surface area contributed by atoms with Crippen LogP contribution in [0.4, 0.5) is 0 Å². The number of aromatic carboxylic acids is 1. The molecule has 0 unspecified atom stereocenters. The monoisotopic (exact) mass is 193 g/mol. The number of aryl methyl sites for hydroxylation is 1. The van der Waals surface area contributed by atoms with Crippen molar-refractivity contribution in [1.29, 1.82) is 0 Å². The minimum atomic E-state index is -0.887. The lowest BCUT2D eigenvalue weighted by Crippen LogP contribution is -1.89. The second kappa shape index (κ2) is 2.81. The van der Waals surface area contributed by atoms with Crippen molar-refractivity contribution >= 4 is 27.5 Å². The molecule has 0 aliphatic carbocycles. The number of hydrogen-bond donors (Lipinski definition) is 1. The Morgan fingerprint density at radius 3 is 3.00 bits per heavy atom. The summed E-state index contributed by atoms with van der Waals surface area (Å²) in [5, 5.41) is 9.69. The Hall–Kier alpha value is -1.42. The third-order valence-electron chi connectivity index (χ3n) is 1.86. The van der Waals surface area contributed by atoms with E-state index in [0.29, 0.717) is 4.88 Å². The molecule has 66 valence electrons. The lowest BCUT2D eigenvalue weighted by atomic mass is 10.2. The fraction of sp³-hybridized carbons (Fsp3) is 0.111. The van der Waals surface area contributed by atoms with Crippen LogP contribution in [0.25, 0.3) is 10.2 Å². The summed E-state index contributed by atoms with van der Waals surface area (Å²) in [5.41, 5.74) is 1.06. The molecular formula is C9H7NO2S. The molecule has 0 aliphatic heterocycles. The molecule has 0 amide bonds. The van der Waals surface area contributed by atoms with Crippen molar-refractivity contribution < 1.29 is 9.90 Å². The Morgan fingerprint density at radius 1 is 1.62 bits per heavy atom. The Bertz CT molecular complexity index is 475. The highest BCUT2D eigenvalue weighted by Gasteiger charge is 2.09. The maximum absolute atomic E-state index is 10.7. The standard InChI is InChI=1S/C9H7NO2S/c1-5-2-3-10-8-6(5)4-7(13-8)9(11)12/h2-4H,1H3,(H,11,12). The number of aromatic nitrogens is 1. The normalized spacial score (nSPS) is 10.5. The van der Waals surface area contributed by atoms with Gasteiger partial charge in [-0.1, -0.05) is 0 Å². The number of carbonyl (C=O) groups is 1. The van der Waals surface area contributed by atoms with Crippen LogP contribution in [0, 0.1) is 6.92 Å². The summed E-state index contributed by atoms with van der Waals surface area (Å²) in [5.74, 6) is -0.887. The van der Waals surface area contributed by atoms with Crippen LogP contribution in [0.15, 0.2) is 18.3 Å². The van der Waals surface area contributed by atoms with Crippen molar-refractivity contribution in [1.82, 2.24) is 4.98 Å². The van der Waals surface area contributed by atoms with Crippen LogP contribution in [0.3, 0.4) is 0 Å². The first kappa shape index (κ1) is 8.19. The second-order valence-electron chi connectivity index (χ2n) is 2.76. The minimum Gasteiger partial charge on any atom is -0.477 e. The topological polar surface area (TPSA) is 50.2 Å². The first-order valence-corrected chi connectivity index (χ1v) is 4.58. The third kappa shape index (κ3) is 1.29. The number of nitrogens with zero attached hydrogens (tertiary/aromatic N) is 1. The molecule has 2 rings (SSSR count). The van der Waals surface area contributed by atoms with Crippen molar-refractivity contribution in [3.8, 4) is 0 Å². The van der Waals surface area contributed by atoms with Crippen LogP contribution in [-0.2, 0) is 0 Å². The molecule has 0 fully saturated rings. The van der Waals surface area contributed by atoms with Crippen molar-refractivity contribution in [2.75, 3.05) is 0 Å². The van der Waals surface area contributed by atoms with Gasteiger partial charge in [0.15, 0.2) is 0 Å². The van der Waals surface area contributed by atoms with Crippen LogP contribution < -0.4 is 0 Å². The van der Waals surface area contributed by atoms with Crippen LogP contribution in [0.1, 0.15) is 15.2 Å². The molecule has 1 N–H and O–H groups in total. The van der Waals surface area contributed by atoms with E-state index in [9.17, 15) is 4.79 Å². The number of rotatable bonds is 1. The predicted molar refractivity (Wildman–Crippen MR) is 51.3 cm³/mol. The number of pyridine rings is 1. The minimum absolute atomic E-state index is 0.344. The molecule has 2 heterocycles. The summed E-state index contributed by atoms with van der Waals surface area (Å²) in [6, 6.07) is 3.55. The highest BCUT2D eigenvalue weighted by Crippen LogP contribution is 2.25. The molecule has 13 heavy (non-hydrogen) atoms. The highest BCUT2D eigenvalue weighted by molar-refractivity contribution is 7.20. The lowest BCUT2D eigenvalue weighted by Gasteiger charge is -1.90. The molecule has 0 atom stereocenters. The van der Waals surface area contributed by atoms with Crippen LogP contribution >= 0.6 is 11.3 Å². The smallest absolute Gasteiger partial charge is 0.345 e. The van der Waals surface area contributed by atoms with E-state index < -0.39 is 5.97 Å². The van der Waals surface area contributed by atoms with E-state index >= 15 is 0 Å². The fourth-order valence-electron chi connectivity index (χ4n) is 1.17. The van der Waals surface area contributed by atoms with Gasteiger partial charge in [0.1, 0.15) is 9.71 Å². The summed E-state index contributed by atoms with van der Waals surface area (Å²) in [6.07, 6.45) is 1.69. The van der Waals surface area contributed by atoms with Gasteiger partial charge in [-0.25, -0.2) is 9.78 Å². The summed E-state index contributed by atoms with van der Waals surface area (Å²) >= 11 is 1.21. The largest absolute Gasteiger partial charge is 0.477 e. The van der Waals surface area contributed by atoms with E-state index in [0.717, 1.165) is 15.8 Å². The number of carboxylic acid groups (broad SMARTS) is 1. The van der Waals surface area contributed by atoms with E-state index in [4.69, 9.17) is 5.11 Å². The molecule has 0 saturated heterocycles. The Labute approximate surface area is 78.7 Å². The third-order valence-corrected chi connectivity index (χ3v) is 2.90. The lowest BCUT2D eigenvalue weighted by molar-refractivity contribution is 0.0702. The molecule has 4 heteroatoms. The molecule has 0 spiro atoms. The molecule has 2 aromatic rings. The van der Waals surface area contributed by atoms with Crippen molar-refractivity contribution in [3.63, 3.8) is 0 Å². The zero-order chi connectivity index (χ0) is 9.42. The number of thiophene rings is 1. The Kier molecular flexibility index (Phi) is 1.77. The summed E-state index contributed by atoms with van der Waals surface area (Å²) in [4.78, 5) is 15.9. The molecule has 3 nitrogen and oxygen atoms in total. The number of hydrogen-bond acceptors (Lipinski definition) is 3. The summed E-state index contributed by atoms with van der Waals surface area (Å²) in [6.45, 7) is 1.95. The van der Waals surface area contributed by atoms with Crippen LogP contribution in [0.2, 0.25) is 0 Å². The van der Waals surface area contributed by atoms with Crippen LogP contribution in [0.5, 0.6) is 0 Å². The SMILES string of the molecule is Cc1ccnc2sc(C(=O)O)cc12. The summed E-state index contributed by atoms with van der Waals surface area (Å²) < 4.78 is 0. The Balaban J connectivity index is 2.75. The predicted octanol–water partition coefficient (Wildman–Crippen LogP) is 2.30. The average Bonchev–Trinajstić information content (AvgIpc) is 2.49. The second-order valence-corrected chi connectivity index (χ2v) is 3.79. The van der Waals surface area contributed by atoms with Gasteiger partial charge in [-0.05, 0) is 24.6 Å². The van der Waals surface area contributed by atoms with E-state index in [2.05, 4.69) is 4.98 Å². The number of carboxylic acids is 1. The molecule has 2 aromatic heterocycles. The van der Waals surface area contributed by atoms with Crippen molar-refractivity contribution in [2.45, 2.75) is 6.92 Å². The quantitative estimate of drug-likeness (QED) is 0.756. The molecule has 0 aliphatic rings. The first-order chi connectivity index (χ1) is 6.18. The zero-order valence-electron chi connectivity index (χ0n) is 6.94. The van der Waals surface area contributed by atoms with E-state index in [-0.39, 0.29) is 0 Å². The van der Waals surface area contributed by atoms with Gasteiger partial charge in [-0.2, -0.15) is 0 Å². The van der Waals surface area contributed by atoms with Gasteiger partial charge >= 0.3 is 5.97 Å². The van der Waals surface area contributed by atoms with Gasteiger partial charge in [0, 0.05) is 11.6 Å². The van der Waals surface area contributed by atoms with Gasteiger partial charge < -0.3 is 5.11 Å². The van der Waals surface area contributed by atoms with E-state index in [1.165, 1.54) is 11.3 Å². The maximum atomic E-state index is 10.7. The average molecular weight is 193 g/mol. The highest BCUT2D eigenvalue weighted by atomic mass is 32.1. The van der Waals surface area contributed by atoms with Crippen LogP contribution in [-0.4, -0.2) is 16.1 Å². The van der Waals surface area contributed by atoms with Gasteiger partial charge in [0.25, 0.3) is 0 Å². The maximum Gasteiger partial charge on any atom is 0.345 e. The van der Waals surface area contributed by atoms with Crippen molar-refractivity contribution in [2.24, 2.45) is 0 Å². The molecular weight excluding hydrogens is 186 g/mol. The van der Waals surface area contributed by atoms with Gasteiger partial charge in [0.05, 0.1) is 0 Å². The van der Waals surface area contributed by atoms with Crippen molar-refractivity contribution in [3.05, 3.63) is 28.8 Å². The van der Waals surface area contributed by atoms with Gasteiger partial charge in [-0.15, -0.1) is 11.3 Å². The van der Waals surface area contributed by atoms with E-state index in [1.807, 2.05) is 13.0 Å². The first-order valence-electron chi connectivity index (χ1n) is 3.77. The van der Waals surface area contributed by atoms with Gasteiger partial charge in [-0.3, -0.25) is 0 Å². The molecule has 0 saturated carbocycles.